The van der Waals surface area contributed by atoms with Crippen LogP contribution in [-0.4, -0.2) is 18.0 Å². The summed E-state index contributed by atoms with van der Waals surface area (Å²) in [6.45, 7) is 0. The maximum Gasteiger partial charge on any atom is 0.239 e. The molecule has 0 spiro atoms. The van der Waals surface area contributed by atoms with Gasteiger partial charge in [0.15, 0.2) is 0 Å². The van der Waals surface area contributed by atoms with Crippen LogP contribution in [0.1, 0.15) is 5.56 Å². The minimum atomic E-state index is -1.05. The molecule has 0 aliphatic heterocycles. The molecule has 104 valence electrons. The second kappa shape index (κ2) is 6.10. The van der Waals surface area contributed by atoms with Gasteiger partial charge in [-0.2, -0.15) is 13.8 Å². The molecule has 1 aromatic carbocycles. The molecule has 1 heterocycles. The summed E-state index contributed by atoms with van der Waals surface area (Å²) in [7, 11) is 1.55. The maximum atomic E-state index is 13.3. The van der Waals surface area contributed by atoms with Crippen molar-refractivity contribution < 1.29 is 18.3 Å². The van der Waals surface area contributed by atoms with Gasteiger partial charge < -0.3 is 10.1 Å². The largest absolute Gasteiger partial charge is 0.497 e. The average molecular weight is 278 g/mol. The molecule has 0 saturated heterocycles. The molecule has 20 heavy (non-hydrogen) atoms. The number of hydrogen-bond acceptors (Lipinski definition) is 3. The van der Waals surface area contributed by atoms with Crippen molar-refractivity contribution in [2.75, 3.05) is 12.4 Å². The van der Waals surface area contributed by atoms with Crippen LogP contribution in [-0.2, 0) is 11.2 Å². The van der Waals surface area contributed by atoms with E-state index in [4.69, 9.17) is 4.74 Å². The molecule has 1 amide bonds. The summed E-state index contributed by atoms with van der Waals surface area (Å²) in [5.74, 6) is -1.71. The highest BCUT2D eigenvalue weighted by Crippen LogP contribution is 2.14. The number of carbonyl (C=O) groups excluding carboxylic acids is 1. The quantitative estimate of drug-likeness (QED) is 0.874. The summed E-state index contributed by atoms with van der Waals surface area (Å²) in [6, 6.07) is 9.02. The number of benzene rings is 1. The van der Waals surface area contributed by atoms with E-state index in [1.807, 2.05) is 0 Å². The summed E-state index contributed by atoms with van der Waals surface area (Å²) in [5.41, 5.74) is 0.601. The maximum absolute atomic E-state index is 13.3. The van der Waals surface area contributed by atoms with Crippen molar-refractivity contribution in [2.45, 2.75) is 6.42 Å². The Morgan fingerprint density at radius 2 is 1.90 bits per heavy atom. The lowest BCUT2D eigenvalue weighted by atomic mass is 10.1. The predicted molar refractivity (Wildman–Crippen MR) is 69.5 cm³/mol. The third kappa shape index (κ3) is 3.50. The van der Waals surface area contributed by atoms with Crippen LogP contribution in [0, 0.1) is 11.9 Å². The molecule has 0 atom stereocenters. The zero-order valence-electron chi connectivity index (χ0n) is 10.7. The summed E-state index contributed by atoms with van der Waals surface area (Å²) in [5, 5.41) is 2.34. The van der Waals surface area contributed by atoms with E-state index in [-0.39, 0.29) is 12.1 Å². The normalized spacial score (nSPS) is 10.2. The summed E-state index contributed by atoms with van der Waals surface area (Å²) in [4.78, 5) is 14.7. The Morgan fingerprint density at radius 3 is 2.50 bits per heavy atom. The van der Waals surface area contributed by atoms with Crippen LogP contribution in [0.25, 0.3) is 0 Å². The number of rotatable bonds is 4. The van der Waals surface area contributed by atoms with Crippen molar-refractivity contribution in [3.8, 4) is 5.75 Å². The first-order valence-electron chi connectivity index (χ1n) is 5.83. The van der Waals surface area contributed by atoms with E-state index in [1.54, 1.807) is 31.4 Å². The number of anilines is 1. The topological polar surface area (TPSA) is 51.2 Å². The lowest BCUT2D eigenvalue weighted by molar-refractivity contribution is -0.115. The zero-order chi connectivity index (χ0) is 14.5. The van der Waals surface area contributed by atoms with Gasteiger partial charge in [-0.15, -0.1) is 0 Å². The Balaban J connectivity index is 2.01. The molecule has 0 radical (unpaired) electrons. The predicted octanol–water partition coefficient (Wildman–Crippen LogP) is 2.55. The van der Waals surface area contributed by atoms with Crippen molar-refractivity contribution >= 4 is 11.6 Å². The van der Waals surface area contributed by atoms with Gasteiger partial charge in [0.05, 0.1) is 19.2 Å². The first-order valence-corrected chi connectivity index (χ1v) is 5.83. The zero-order valence-corrected chi connectivity index (χ0v) is 10.7. The Bertz CT molecular complexity index is 615. The number of nitrogens with one attached hydrogen (secondary N) is 1. The van der Waals surface area contributed by atoms with Crippen LogP contribution < -0.4 is 10.1 Å². The van der Waals surface area contributed by atoms with Crippen LogP contribution in [0.4, 0.5) is 14.5 Å². The molecule has 2 aromatic rings. The standard InChI is InChI=1S/C14H12F2N2O2/c1-20-10-4-2-9(3-5-10)8-13(19)17-11-6-7-12(15)18-14(11)16/h2-7H,8H2,1H3,(H,17,19). The smallest absolute Gasteiger partial charge is 0.239 e. The minimum Gasteiger partial charge on any atom is -0.497 e. The SMILES string of the molecule is COc1ccc(CC(=O)Nc2ccc(F)nc2F)cc1. The van der Waals surface area contributed by atoms with Crippen molar-refractivity contribution in [3.05, 3.63) is 53.9 Å². The number of ether oxygens (including phenoxy) is 1. The van der Waals surface area contributed by atoms with E-state index in [0.717, 1.165) is 17.7 Å². The number of pyridine rings is 1. The molecule has 1 aromatic heterocycles. The van der Waals surface area contributed by atoms with Crippen molar-refractivity contribution in [1.82, 2.24) is 4.98 Å². The third-order valence-corrected chi connectivity index (χ3v) is 2.61. The first-order chi connectivity index (χ1) is 9.58. The van der Waals surface area contributed by atoms with Gasteiger partial charge in [0, 0.05) is 0 Å². The molecule has 0 unspecified atom stereocenters. The average Bonchev–Trinajstić information content (AvgIpc) is 2.43. The number of amides is 1. The van der Waals surface area contributed by atoms with Gasteiger partial charge in [0.25, 0.3) is 0 Å². The number of nitrogens with zero attached hydrogens (tertiary/aromatic N) is 1. The van der Waals surface area contributed by atoms with Crippen LogP contribution in [0.15, 0.2) is 36.4 Å². The van der Waals surface area contributed by atoms with Gasteiger partial charge in [0.1, 0.15) is 5.75 Å². The van der Waals surface area contributed by atoms with Crippen molar-refractivity contribution in [2.24, 2.45) is 0 Å². The molecule has 0 bridgehead atoms. The first kappa shape index (κ1) is 13.9. The Morgan fingerprint density at radius 1 is 1.20 bits per heavy atom. The van der Waals surface area contributed by atoms with Crippen LogP contribution in [0.5, 0.6) is 5.75 Å². The molecular weight excluding hydrogens is 266 g/mol. The lowest BCUT2D eigenvalue weighted by Crippen LogP contribution is -2.16. The number of methoxy groups -OCH3 is 1. The van der Waals surface area contributed by atoms with Gasteiger partial charge in [-0.1, -0.05) is 12.1 Å². The molecule has 0 fully saturated rings. The monoisotopic (exact) mass is 278 g/mol. The van der Waals surface area contributed by atoms with Crippen LogP contribution in [0.2, 0.25) is 0 Å². The molecule has 1 N–H and O–H groups in total. The van der Waals surface area contributed by atoms with Gasteiger partial charge in [0.2, 0.25) is 17.8 Å². The Kier molecular flexibility index (Phi) is 4.24. The van der Waals surface area contributed by atoms with Crippen LogP contribution >= 0.6 is 0 Å². The van der Waals surface area contributed by atoms with E-state index in [0.29, 0.717) is 5.75 Å². The summed E-state index contributed by atoms with van der Waals surface area (Å²) >= 11 is 0. The number of halogens is 2. The van der Waals surface area contributed by atoms with E-state index in [9.17, 15) is 13.6 Å². The molecule has 0 aliphatic carbocycles. The Hall–Kier alpha value is -2.50. The van der Waals surface area contributed by atoms with Gasteiger partial charge in [-0.05, 0) is 29.8 Å². The Labute approximate surface area is 114 Å². The van der Waals surface area contributed by atoms with E-state index >= 15 is 0 Å². The van der Waals surface area contributed by atoms with Crippen molar-refractivity contribution in [3.63, 3.8) is 0 Å². The number of hydrogen-bond donors (Lipinski definition) is 1. The summed E-state index contributed by atoms with van der Waals surface area (Å²) < 4.78 is 30.9. The molecule has 0 saturated carbocycles. The van der Waals surface area contributed by atoms with Gasteiger partial charge in [-0.25, -0.2) is 0 Å². The second-order valence-corrected chi connectivity index (χ2v) is 4.05. The lowest BCUT2D eigenvalue weighted by Gasteiger charge is -2.06. The van der Waals surface area contributed by atoms with Gasteiger partial charge >= 0.3 is 0 Å². The highest BCUT2D eigenvalue weighted by Gasteiger charge is 2.09. The number of aromatic nitrogens is 1. The molecule has 2 rings (SSSR count). The van der Waals surface area contributed by atoms with E-state index in [2.05, 4.69) is 10.3 Å². The van der Waals surface area contributed by atoms with Crippen molar-refractivity contribution in [1.29, 1.82) is 0 Å². The highest BCUT2D eigenvalue weighted by molar-refractivity contribution is 5.92. The van der Waals surface area contributed by atoms with Gasteiger partial charge in [-0.3, -0.25) is 4.79 Å². The van der Waals surface area contributed by atoms with Crippen LogP contribution in [0.3, 0.4) is 0 Å². The minimum absolute atomic E-state index is 0.0702. The molecule has 4 nitrogen and oxygen atoms in total. The molecular formula is C14H12F2N2O2. The number of carbonyl (C=O) groups is 1. The summed E-state index contributed by atoms with van der Waals surface area (Å²) in [6.07, 6.45) is 0.0702. The fourth-order valence-corrected chi connectivity index (χ4v) is 1.63. The third-order valence-electron chi connectivity index (χ3n) is 2.61. The second-order valence-electron chi connectivity index (χ2n) is 4.05. The van der Waals surface area contributed by atoms with E-state index < -0.39 is 17.8 Å². The molecule has 6 heteroatoms. The fraction of sp³-hybridized carbons (Fsp3) is 0.143. The van der Waals surface area contributed by atoms with E-state index in [1.165, 1.54) is 0 Å². The molecule has 0 aliphatic rings. The fourth-order valence-electron chi connectivity index (χ4n) is 1.63. The highest BCUT2D eigenvalue weighted by atomic mass is 19.1.